The summed E-state index contributed by atoms with van der Waals surface area (Å²) in [5, 5.41) is 25.6. The summed E-state index contributed by atoms with van der Waals surface area (Å²) in [5.74, 6) is 0.194. The molecule has 0 fully saturated rings. The summed E-state index contributed by atoms with van der Waals surface area (Å²) in [6.07, 6.45) is 0. The second kappa shape index (κ2) is 7.11. The van der Waals surface area contributed by atoms with Crippen LogP contribution in [0.3, 0.4) is 0 Å². The van der Waals surface area contributed by atoms with Gasteiger partial charge in [-0.05, 0) is 30.3 Å². The average Bonchev–Trinajstić information content (AvgIpc) is 2.54. The van der Waals surface area contributed by atoms with Gasteiger partial charge in [0, 0.05) is 18.7 Å². The number of nitro groups is 1. The van der Waals surface area contributed by atoms with Crippen LogP contribution in [0.2, 0.25) is 0 Å². The number of benzene rings is 2. The molecule has 2 N–H and O–H groups in total. The highest BCUT2D eigenvalue weighted by atomic mass is 16.6. The average molecular weight is 326 g/mol. The van der Waals surface area contributed by atoms with Crippen LogP contribution in [0.1, 0.15) is 12.5 Å². The molecule has 0 atom stereocenters. The number of carbonyl (C=O) groups excluding carboxylic acids is 1. The molecule has 2 aromatic rings. The molecule has 2 aromatic carbocycles. The molecule has 0 saturated heterocycles. The minimum absolute atomic E-state index is 0.195. The van der Waals surface area contributed by atoms with Crippen molar-refractivity contribution < 1.29 is 14.5 Å². The first-order chi connectivity index (χ1) is 11.4. The van der Waals surface area contributed by atoms with Crippen molar-refractivity contribution in [2.75, 3.05) is 17.7 Å². The Kier molecular flexibility index (Phi) is 4.96. The molecule has 1 amide bonds. The third-order valence-electron chi connectivity index (χ3n) is 3.11. The van der Waals surface area contributed by atoms with Crippen LogP contribution in [0.15, 0.2) is 36.4 Å². The summed E-state index contributed by atoms with van der Waals surface area (Å²) in [6.45, 7) is 1.37. The van der Waals surface area contributed by atoms with Gasteiger partial charge in [-0.1, -0.05) is 0 Å². The lowest BCUT2D eigenvalue weighted by Gasteiger charge is -2.12. The lowest BCUT2D eigenvalue weighted by molar-refractivity contribution is -0.383. The number of methoxy groups -OCH3 is 1. The molecule has 2 rings (SSSR count). The van der Waals surface area contributed by atoms with Gasteiger partial charge in [0.05, 0.1) is 29.4 Å². The Morgan fingerprint density at radius 1 is 1.25 bits per heavy atom. The van der Waals surface area contributed by atoms with Crippen LogP contribution >= 0.6 is 0 Å². The van der Waals surface area contributed by atoms with Gasteiger partial charge >= 0.3 is 0 Å². The van der Waals surface area contributed by atoms with E-state index >= 15 is 0 Å². The number of rotatable bonds is 5. The number of anilines is 3. The summed E-state index contributed by atoms with van der Waals surface area (Å²) in [6, 6.07) is 10.9. The molecule has 24 heavy (non-hydrogen) atoms. The van der Waals surface area contributed by atoms with Crippen LogP contribution in [0.4, 0.5) is 22.7 Å². The zero-order valence-corrected chi connectivity index (χ0v) is 13.0. The molecule has 0 spiro atoms. The molecule has 0 unspecified atom stereocenters. The first-order valence-corrected chi connectivity index (χ1v) is 6.85. The molecule has 0 aliphatic carbocycles. The van der Waals surface area contributed by atoms with E-state index < -0.39 is 4.92 Å². The molecule has 0 heterocycles. The van der Waals surface area contributed by atoms with Crippen molar-refractivity contribution in [2.24, 2.45) is 0 Å². The Morgan fingerprint density at radius 3 is 2.58 bits per heavy atom. The van der Waals surface area contributed by atoms with Crippen LogP contribution in [0.5, 0.6) is 5.75 Å². The number of nitrogens with one attached hydrogen (secondary N) is 2. The topological polar surface area (TPSA) is 117 Å². The summed E-state index contributed by atoms with van der Waals surface area (Å²) in [5.41, 5.74) is 1.17. The van der Waals surface area contributed by atoms with Gasteiger partial charge in [-0.25, -0.2) is 0 Å². The van der Waals surface area contributed by atoms with Crippen LogP contribution in [0.25, 0.3) is 0 Å². The van der Waals surface area contributed by atoms with Gasteiger partial charge in [-0.3, -0.25) is 14.9 Å². The van der Waals surface area contributed by atoms with E-state index in [1.165, 1.54) is 32.2 Å². The smallest absolute Gasteiger partial charge is 0.293 e. The molecular formula is C16H14N4O4. The van der Waals surface area contributed by atoms with E-state index in [2.05, 4.69) is 10.6 Å². The van der Waals surface area contributed by atoms with Crippen molar-refractivity contribution in [1.82, 2.24) is 0 Å². The predicted molar refractivity (Wildman–Crippen MR) is 88.4 cm³/mol. The highest BCUT2D eigenvalue weighted by molar-refractivity contribution is 5.91. The number of carbonyl (C=O) groups is 1. The highest BCUT2D eigenvalue weighted by Crippen LogP contribution is 2.32. The molecule has 0 aromatic heterocycles. The normalized spacial score (nSPS) is 9.71. The number of nitrogens with zero attached hydrogens (tertiary/aromatic N) is 2. The molecule has 0 radical (unpaired) electrons. The number of nitriles is 1. The van der Waals surface area contributed by atoms with Crippen LogP contribution < -0.4 is 15.4 Å². The van der Waals surface area contributed by atoms with Gasteiger partial charge < -0.3 is 15.4 Å². The Morgan fingerprint density at radius 2 is 2.00 bits per heavy atom. The van der Waals surface area contributed by atoms with Crippen LogP contribution in [-0.4, -0.2) is 17.9 Å². The molecule has 8 nitrogen and oxygen atoms in total. The standard InChI is InChI=1S/C16H14N4O4/c1-10(21)18-14-8-12(4-6-16(14)24-2)19-13-5-3-11(9-17)7-15(13)20(22)23/h3-8,19H,1-2H3,(H,18,21). The van der Waals surface area contributed by atoms with E-state index in [1.54, 1.807) is 18.2 Å². The minimum atomic E-state index is -0.568. The van der Waals surface area contributed by atoms with Crippen molar-refractivity contribution >= 4 is 28.7 Å². The summed E-state index contributed by atoms with van der Waals surface area (Å²) < 4.78 is 5.16. The Labute approximate surface area is 137 Å². The molecular weight excluding hydrogens is 312 g/mol. The Bertz CT molecular complexity index is 842. The maximum atomic E-state index is 11.3. The van der Waals surface area contributed by atoms with Gasteiger partial charge in [-0.15, -0.1) is 0 Å². The van der Waals surface area contributed by atoms with E-state index in [0.717, 1.165) is 0 Å². The SMILES string of the molecule is COc1ccc(Nc2ccc(C#N)cc2[N+](=O)[O-])cc1NC(C)=O. The molecule has 0 aliphatic heterocycles. The van der Waals surface area contributed by atoms with Crippen molar-refractivity contribution in [2.45, 2.75) is 6.92 Å². The van der Waals surface area contributed by atoms with Crippen molar-refractivity contribution in [3.63, 3.8) is 0 Å². The van der Waals surface area contributed by atoms with Gasteiger partial charge in [-0.2, -0.15) is 5.26 Å². The van der Waals surface area contributed by atoms with E-state index in [4.69, 9.17) is 10.00 Å². The number of hydrogen-bond acceptors (Lipinski definition) is 6. The van der Waals surface area contributed by atoms with Gasteiger partial charge in [0.15, 0.2) is 0 Å². The second-order valence-electron chi connectivity index (χ2n) is 4.82. The lowest BCUT2D eigenvalue weighted by Crippen LogP contribution is -2.07. The number of amides is 1. The van der Waals surface area contributed by atoms with Crippen molar-refractivity contribution in [1.29, 1.82) is 5.26 Å². The van der Waals surface area contributed by atoms with Crippen LogP contribution in [-0.2, 0) is 4.79 Å². The zero-order chi connectivity index (χ0) is 17.7. The monoisotopic (exact) mass is 326 g/mol. The molecule has 0 aliphatic rings. The number of ether oxygens (including phenoxy) is 1. The van der Waals surface area contributed by atoms with E-state index in [1.807, 2.05) is 6.07 Å². The number of nitro benzene ring substituents is 1. The maximum absolute atomic E-state index is 11.3. The molecule has 8 heteroatoms. The third kappa shape index (κ3) is 3.78. The summed E-state index contributed by atoms with van der Waals surface area (Å²) in [7, 11) is 1.47. The fourth-order valence-corrected chi connectivity index (χ4v) is 2.09. The van der Waals surface area contributed by atoms with Gasteiger partial charge in [0.1, 0.15) is 11.4 Å². The fourth-order valence-electron chi connectivity index (χ4n) is 2.09. The van der Waals surface area contributed by atoms with Gasteiger partial charge in [0.25, 0.3) is 5.69 Å². The second-order valence-corrected chi connectivity index (χ2v) is 4.82. The maximum Gasteiger partial charge on any atom is 0.293 e. The lowest BCUT2D eigenvalue weighted by atomic mass is 10.1. The van der Waals surface area contributed by atoms with Crippen molar-refractivity contribution in [3.8, 4) is 11.8 Å². The first kappa shape index (κ1) is 16.8. The van der Waals surface area contributed by atoms with Gasteiger partial charge in [0.2, 0.25) is 5.91 Å². The Hall–Kier alpha value is -3.60. The molecule has 0 saturated carbocycles. The summed E-state index contributed by atoms with van der Waals surface area (Å²) in [4.78, 5) is 21.9. The Balaban J connectivity index is 2.39. The van der Waals surface area contributed by atoms with E-state index in [9.17, 15) is 14.9 Å². The quantitative estimate of drug-likeness (QED) is 0.643. The third-order valence-corrected chi connectivity index (χ3v) is 3.11. The van der Waals surface area contributed by atoms with Crippen molar-refractivity contribution in [3.05, 3.63) is 52.1 Å². The zero-order valence-electron chi connectivity index (χ0n) is 13.0. The minimum Gasteiger partial charge on any atom is -0.495 e. The molecule has 122 valence electrons. The predicted octanol–water partition coefficient (Wildman–Crippen LogP) is 3.18. The fraction of sp³-hybridized carbons (Fsp3) is 0.125. The number of hydrogen-bond donors (Lipinski definition) is 2. The van der Waals surface area contributed by atoms with Crippen LogP contribution in [0, 0.1) is 21.4 Å². The van der Waals surface area contributed by atoms with E-state index in [0.29, 0.717) is 17.1 Å². The highest BCUT2D eigenvalue weighted by Gasteiger charge is 2.15. The van der Waals surface area contributed by atoms with E-state index in [-0.39, 0.29) is 22.8 Å². The summed E-state index contributed by atoms with van der Waals surface area (Å²) >= 11 is 0. The molecule has 0 bridgehead atoms. The largest absolute Gasteiger partial charge is 0.495 e. The first-order valence-electron chi connectivity index (χ1n) is 6.85.